The van der Waals surface area contributed by atoms with Crippen molar-refractivity contribution in [3.8, 4) is 11.5 Å². The molecule has 4 heteroatoms. The summed E-state index contributed by atoms with van der Waals surface area (Å²) < 4.78 is 17.1. The number of ether oxygens (including phenoxy) is 3. The molecular weight excluding hydrogens is 218 g/mol. The summed E-state index contributed by atoms with van der Waals surface area (Å²) in [6, 6.07) is 6.01. The van der Waals surface area contributed by atoms with E-state index in [0.29, 0.717) is 0 Å². The van der Waals surface area contributed by atoms with Crippen LogP contribution in [0.1, 0.15) is 25.5 Å². The van der Waals surface area contributed by atoms with E-state index in [-0.39, 0.29) is 6.10 Å². The molecule has 0 radical (unpaired) electrons. The van der Waals surface area contributed by atoms with Gasteiger partial charge in [-0.15, -0.1) is 0 Å². The first-order valence-electron chi connectivity index (χ1n) is 5.98. The van der Waals surface area contributed by atoms with Crippen molar-refractivity contribution >= 4 is 0 Å². The highest BCUT2D eigenvalue weighted by Gasteiger charge is 2.32. The molecular formula is C13H17NO3. The van der Waals surface area contributed by atoms with Crippen LogP contribution < -0.4 is 14.8 Å². The van der Waals surface area contributed by atoms with Crippen LogP contribution in [0.5, 0.6) is 11.5 Å². The Labute approximate surface area is 101 Å². The molecule has 1 fully saturated rings. The van der Waals surface area contributed by atoms with Crippen molar-refractivity contribution in [1.29, 1.82) is 0 Å². The van der Waals surface area contributed by atoms with E-state index in [4.69, 9.17) is 14.2 Å². The average molecular weight is 235 g/mol. The minimum Gasteiger partial charge on any atom is -0.449 e. The molecule has 0 bridgehead atoms. The predicted molar refractivity (Wildman–Crippen MR) is 63.3 cm³/mol. The lowest BCUT2D eigenvalue weighted by molar-refractivity contribution is -0.0432. The molecule has 0 aliphatic carbocycles. The molecule has 2 aliphatic rings. The Bertz CT molecular complexity index is 425. The summed E-state index contributed by atoms with van der Waals surface area (Å²) >= 11 is 0. The average Bonchev–Trinajstić information content (AvgIpc) is 2.63. The van der Waals surface area contributed by atoms with E-state index in [1.165, 1.54) is 0 Å². The van der Waals surface area contributed by atoms with E-state index in [9.17, 15) is 0 Å². The maximum atomic E-state index is 5.73. The van der Waals surface area contributed by atoms with Crippen LogP contribution in [0.3, 0.4) is 0 Å². The van der Waals surface area contributed by atoms with E-state index in [2.05, 4.69) is 5.32 Å². The fraction of sp³-hybridized carbons (Fsp3) is 0.538. The quantitative estimate of drug-likeness (QED) is 0.806. The van der Waals surface area contributed by atoms with E-state index in [1.54, 1.807) is 0 Å². The Kier molecular flexibility index (Phi) is 2.49. The zero-order valence-electron chi connectivity index (χ0n) is 10.2. The molecule has 0 amide bonds. The van der Waals surface area contributed by atoms with Crippen molar-refractivity contribution in [1.82, 2.24) is 5.32 Å². The van der Waals surface area contributed by atoms with Gasteiger partial charge < -0.3 is 19.5 Å². The van der Waals surface area contributed by atoms with Gasteiger partial charge in [0.1, 0.15) is 0 Å². The second kappa shape index (κ2) is 3.89. The Morgan fingerprint density at radius 2 is 2.06 bits per heavy atom. The zero-order chi connectivity index (χ0) is 11.9. The fourth-order valence-corrected chi connectivity index (χ4v) is 2.22. The van der Waals surface area contributed by atoms with Crippen molar-refractivity contribution in [2.45, 2.75) is 25.7 Å². The Hall–Kier alpha value is -1.26. The summed E-state index contributed by atoms with van der Waals surface area (Å²) in [5.41, 5.74) is 1.14. The van der Waals surface area contributed by atoms with Crippen LogP contribution >= 0.6 is 0 Å². The van der Waals surface area contributed by atoms with Gasteiger partial charge in [-0.3, -0.25) is 0 Å². The molecule has 1 atom stereocenters. The summed E-state index contributed by atoms with van der Waals surface area (Å²) in [5.74, 6) is 1.05. The number of morpholine rings is 1. The first-order valence-corrected chi connectivity index (χ1v) is 5.98. The van der Waals surface area contributed by atoms with Crippen LogP contribution in [0, 0.1) is 0 Å². The van der Waals surface area contributed by atoms with Gasteiger partial charge in [0.2, 0.25) is 5.79 Å². The highest BCUT2D eigenvalue weighted by molar-refractivity contribution is 5.46. The number of nitrogens with one attached hydrogen (secondary N) is 1. The highest BCUT2D eigenvalue weighted by atomic mass is 16.7. The molecule has 1 aromatic carbocycles. The normalized spacial score (nSPS) is 25.9. The first-order chi connectivity index (χ1) is 8.14. The third-order valence-electron chi connectivity index (χ3n) is 2.98. The molecule has 0 saturated carbocycles. The van der Waals surface area contributed by atoms with Crippen molar-refractivity contribution in [2.75, 3.05) is 19.7 Å². The van der Waals surface area contributed by atoms with Crippen LogP contribution in [-0.4, -0.2) is 25.5 Å². The molecule has 0 aromatic heterocycles. The molecule has 2 heterocycles. The third-order valence-corrected chi connectivity index (χ3v) is 2.98. The summed E-state index contributed by atoms with van der Waals surface area (Å²) in [4.78, 5) is 0. The number of hydrogen-bond acceptors (Lipinski definition) is 4. The molecule has 1 unspecified atom stereocenters. The molecule has 4 nitrogen and oxygen atoms in total. The maximum Gasteiger partial charge on any atom is 0.246 e. The van der Waals surface area contributed by atoms with Crippen LogP contribution in [-0.2, 0) is 4.74 Å². The first kappa shape index (κ1) is 10.9. The third kappa shape index (κ3) is 2.10. The van der Waals surface area contributed by atoms with Gasteiger partial charge in [0.05, 0.1) is 12.7 Å². The van der Waals surface area contributed by atoms with Gasteiger partial charge in [-0.05, 0) is 17.7 Å². The van der Waals surface area contributed by atoms with E-state index < -0.39 is 5.79 Å². The van der Waals surface area contributed by atoms with E-state index in [0.717, 1.165) is 36.8 Å². The van der Waals surface area contributed by atoms with Crippen molar-refractivity contribution in [3.05, 3.63) is 23.8 Å². The fourth-order valence-electron chi connectivity index (χ4n) is 2.22. The molecule has 2 aliphatic heterocycles. The minimum atomic E-state index is -0.563. The summed E-state index contributed by atoms with van der Waals surface area (Å²) in [6.07, 6.45) is 0.112. The number of rotatable bonds is 1. The second-order valence-corrected chi connectivity index (χ2v) is 4.87. The molecule has 0 spiro atoms. The standard InChI is InChI=1S/C13H17NO3/c1-13(2)16-10-4-3-9(7-11(10)17-13)12-8-14-5-6-15-12/h3-4,7,12,14H,5-6,8H2,1-2H3. The molecule has 17 heavy (non-hydrogen) atoms. The Morgan fingerprint density at radius 1 is 1.24 bits per heavy atom. The minimum absolute atomic E-state index is 0.112. The largest absolute Gasteiger partial charge is 0.449 e. The zero-order valence-corrected chi connectivity index (χ0v) is 10.2. The molecule has 3 rings (SSSR count). The Morgan fingerprint density at radius 3 is 2.82 bits per heavy atom. The summed E-state index contributed by atoms with van der Waals surface area (Å²) in [5, 5.41) is 3.32. The SMILES string of the molecule is CC1(C)Oc2ccc(C3CNCCO3)cc2O1. The van der Waals surface area contributed by atoms with Gasteiger partial charge in [-0.25, -0.2) is 0 Å². The van der Waals surface area contributed by atoms with Crippen LogP contribution in [0.25, 0.3) is 0 Å². The van der Waals surface area contributed by atoms with Crippen molar-refractivity contribution in [3.63, 3.8) is 0 Å². The van der Waals surface area contributed by atoms with Crippen LogP contribution in [0.15, 0.2) is 18.2 Å². The number of fused-ring (bicyclic) bond motifs is 1. The highest BCUT2D eigenvalue weighted by Crippen LogP contribution is 2.40. The number of benzene rings is 1. The summed E-state index contributed by atoms with van der Waals surface area (Å²) in [6.45, 7) is 6.35. The van der Waals surface area contributed by atoms with Gasteiger partial charge in [-0.2, -0.15) is 0 Å². The smallest absolute Gasteiger partial charge is 0.246 e. The molecule has 1 aromatic rings. The topological polar surface area (TPSA) is 39.7 Å². The lowest BCUT2D eigenvalue weighted by atomic mass is 10.1. The predicted octanol–water partition coefficient (Wildman–Crippen LogP) is 1.85. The molecule has 92 valence electrons. The lowest BCUT2D eigenvalue weighted by Gasteiger charge is -2.24. The monoisotopic (exact) mass is 235 g/mol. The van der Waals surface area contributed by atoms with Crippen molar-refractivity contribution < 1.29 is 14.2 Å². The summed E-state index contributed by atoms with van der Waals surface area (Å²) in [7, 11) is 0. The van der Waals surface area contributed by atoms with Crippen LogP contribution in [0.4, 0.5) is 0 Å². The van der Waals surface area contributed by atoms with Gasteiger partial charge in [-0.1, -0.05) is 6.07 Å². The van der Waals surface area contributed by atoms with Gasteiger partial charge in [0, 0.05) is 26.9 Å². The van der Waals surface area contributed by atoms with Crippen molar-refractivity contribution in [2.24, 2.45) is 0 Å². The van der Waals surface area contributed by atoms with E-state index >= 15 is 0 Å². The number of hydrogen-bond donors (Lipinski definition) is 1. The van der Waals surface area contributed by atoms with E-state index in [1.807, 2.05) is 32.0 Å². The molecule has 1 N–H and O–H groups in total. The maximum absolute atomic E-state index is 5.73. The van der Waals surface area contributed by atoms with Crippen LogP contribution in [0.2, 0.25) is 0 Å². The van der Waals surface area contributed by atoms with Gasteiger partial charge in [0.25, 0.3) is 0 Å². The van der Waals surface area contributed by atoms with Gasteiger partial charge >= 0.3 is 0 Å². The lowest BCUT2D eigenvalue weighted by Crippen LogP contribution is -2.33. The van der Waals surface area contributed by atoms with Gasteiger partial charge in [0.15, 0.2) is 11.5 Å². The second-order valence-electron chi connectivity index (χ2n) is 4.87. The Balaban J connectivity index is 1.85. The molecule has 1 saturated heterocycles.